The van der Waals surface area contributed by atoms with E-state index in [1.807, 2.05) is 11.0 Å². The number of nitrogens with one attached hydrogen (secondary N) is 1. The number of nitrogens with zero attached hydrogens (tertiary/aromatic N) is 4. The smallest absolute Gasteiger partial charge is 0.274 e. The van der Waals surface area contributed by atoms with Crippen LogP contribution in [0.5, 0.6) is 5.88 Å². The van der Waals surface area contributed by atoms with E-state index in [-0.39, 0.29) is 23.5 Å². The molecule has 1 N–H and O–H groups in total. The van der Waals surface area contributed by atoms with Gasteiger partial charge in [-0.2, -0.15) is 0 Å². The number of piperidine rings is 1. The van der Waals surface area contributed by atoms with Crippen LogP contribution in [-0.4, -0.2) is 63.1 Å². The Kier molecular flexibility index (Phi) is 6.31. The maximum absolute atomic E-state index is 13.6. The lowest BCUT2D eigenvalue weighted by atomic mass is 9.71. The molecule has 3 aliphatic heterocycles. The van der Waals surface area contributed by atoms with Crippen molar-refractivity contribution in [2.75, 3.05) is 26.3 Å². The van der Waals surface area contributed by atoms with Gasteiger partial charge in [0.1, 0.15) is 16.9 Å². The molecule has 8 nitrogen and oxygen atoms in total. The van der Waals surface area contributed by atoms with Crippen LogP contribution in [0.1, 0.15) is 40.9 Å². The van der Waals surface area contributed by atoms with E-state index in [0.717, 1.165) is 38.8 Å². The van der Waals surface area contributed by atoms with Gasteiger partial charge >= 0.3 is 0 Å². The molecule has 0 saturated carbocycles. The molecule has 5 heterocycles. The van der Waals surface area contributed by atoms with Gasteiger partial charge in [-0.15, -0.1) is 6.58 Å². The highest BCUT2D eigenvalue weighted by atomic mass is 79.9. The molecule has 1 unspecified atom stereocenters. The molecule has 3 aromatic rings. The van der Waals surface area contributed by atoms with E-state index in [2.05, 4.69) is 62.1 Å². The Labute approximate surface area is 218 Å². The minimum Gasteiger partial charge on any atom is -0.472 e. The molecule has 188 valence electrons. The van der Waals surface area contributed by atoms with Crippen LogP contribution in [0, 0.1) is 5.92 Å². The topological polar surface area (TPSA) is 81.0 Å². The summed E-state index contributed by atoms with van der Waals surface area (Å²) in [6.07, 6.45) is 9.44. The van der Waals surface area contributed by atoms with E-state index in [9.17, 15) is 4.79 Å². The largest absolute Gasteiger partial charge is 0.472 e. The van der Waals surface area contributed by atoms with E-state index in [4.69, 9.17) is 9.47 Å². The van der Waals surface area contributed by atoms with Crippen molar-refractivity contribution in [2.45, 2.75) is 43.9 Å². The molecule has 9 heteroatoms. The number of halogens is 1. The number of imidazole rings is 1. The molecular formula is C27H30BrN5O3. The minimum atomic E-state index is -0.0854. The summed E-state index contributed by atoms with van der Waals surface area (Å²) in [4.78, 5) is 24.6. The third kappa shape index (κ3) is 4.33. The molecule has 2 aromatic heterocycles. The second kappa shape index (κ2) is 9.61. The average molecular weight is 552 g/mol. The highest BCUT2D eigenvalue weighted by molar-refractivity contribution is 9.10. The number of carbonyl (C=O) groups excluding carboxylic acids is 1. The van der Waals surface area contributed by atoms with Crippen LogP contribution in [0.2, 0.25) is 0 Å². The van der Waals surface area contributed by atoms with E-state index < -0.39 is 0 Å². The van der Waals surface area contributed by atoms with Gasteiger partial charge in [-0.1, -0.05) is 30.3 Å². The molecule has 36 heavy (non-hydrogen) atoms. The summed E-state index contributed by atoms with van der Waals surface area (Å²) in [6, 6.07) is 8.60. The number of ether oxygens (including phenoxy) is 2. The van der Waals surface area contributed by atoms with Crippen molar-refractivity contribution in [3.8, 4) is 5.88 Å². The lowest BCUT2D eigenvalue weighted by molar-refractivity contribution is 0.0520. The van der Waals surface area contributed by atoms with Gasteiger partial charge in [-0.05, 0) is 52.7 Å². The van der Waals surface area contributed by atoms with Gasteiger partial charge in [0.15, 0.2) is 0 Å². The zero-order chi connectivity index (χ0) is 24.7. The van der Waals surface area contributed by atoms with Crippen molar-refractivity contribution in [3.63, 3.8) is 0 Å². The van der Waals surface area contributed by atoms with Gasteiger partial charge in [-0.25, -0.2) is 9.97 Å². The number of hydrogen-bond donors (Lipinski definition) is 1. The zero-order valence-corrected chi connectivity index (χ0v) is 21.7. The number of likely N-dealkylation sites (tertiary alicyclic amines) is 1. The Bertz CT molecular complexity index is 1300. The van der Waals surface area contributed by atoms with Gasteiger partial charge < -0.3 is 19.7 Å². The number of carbonyl (C=O) groups is 1. The summed E-state index contributed by atoms with van der Waals surface area (Å²) in [5.74, 6) is 0.449. The Hall–Kier alpha value is -2.75. The molecule has 1 amide bonds. The Morgan fingerprint density at radius 3 is 2.97 bits per heavy atom. The molecule has 1 spiro atoms. The van der Waals surface area contributed by atoms with Gasteiger partial charge in [0.25, 0.3) is 11.8 Å². The van der Waals surface area contributed by atoms with Gasteiger partial charge in [-0.3, -0.25) is 9.20 Å². The van der Waals surface area contributed by atoms with Crippen molar-refractivity contribution in [1.82, 2.24) is 24.6 Å². The number of amides is 1. The van der Waals surface area contributed by atoms with Crippen LogP contribution in [0.25, 0.3) is 5.65 Å². The fraction of sp³-hybridized carbons (Fsp3) is 0.444. The fourth-order valence-electron chi connectivity index (χ4n) is 5.77. The minimum absolute atomic E-state index is 0.0683. The highest BCUT2D eigenvalue weighted by Crippen LogP contribution is 2.37. The summed E-state index contributed by atoms with van der Waals surface area (Å²) >= 11 is 3.44. The molecule has 2 fully saturated rings. The summed E-state index contributed by atoms with van der Waals surface area (Å²) in [7, 11) is 0. The maximum atomic E-state index is 13.6. The van der Waals surface area contributed by atoms with Crippen LogP contribution in [-0.2, 0) is 17.7 Å². The standard InChI is InChI=1S/C27H30BrN5O3/c1-2-20-14-32(10-9-27(20)12-18-6-3-4-7-19(18)13-29-27)26(34)22-15-33-16-23(28)31-25(24(33)30-22)36-17-21-8-5-11-35-21/h2-4,6-7,15-16,20-21,29H,1,5,8-14,17H2/t20-,21?,27+/m1/s1. The van der Waals surface area contributed by atoms with E-state index >= 15 is 0 Å². The monoisotopic (exact) mass is 551 g/mol. The lowest BCUT2D eigenvalue weighted by Gasteiger charge is -2.50. The number of aromatic nitrogens is 3. The quantitative estimate of drug-likeness (QED) is 0.486. The maximum Gasteiger partial charge on any atom is 0.274 e. The van der Waals surface area contributed by atoms with Gasteiger partial charge in [0, 0.05) is 50.1 Å². The number of benzene rings is 1. The number of fused-ring (bicyclic) bond motifs is 2. The van der Waals surface area contributed by atoms with Gasteiger partial charge in [0.05, 0.1) is 6.10 Å². The van der Waals surface area contributed by atoms with Crippen LogP contribution >= 0.6 is 15.9 Å². The summed E-state index contributed by atoms with van der Waals surface area (Å²) in [5, 5.41) is 3.79. The molecule has 0 aliphatic carbocycles. The molecule has 2 saturated heterocycles. The van der Waals surface area contributed by atoms with Crippen LogP contribution in [0.4, 0.5) is 0 Å². The molecular weight excluding hydrogens is 522 g/mol. The Morgan fingerprint density at radius 2 is 2.17 bits per heavy atom. The third-order valence-corrected chi connectivity index (χ3v) is 8.19. The molecule has 1 aromatic carbocycles. The van der Waals surface area contributed by atoms with E-state index in [1.54, 1.807) is 16.8 Å². The molecule has 0 radical (unpaired) electrons. The van der Waals surface area contributed by atoms with Crippen molar-refractivity contribution in [1.29, 1.82) is 0 Å². The second-order valence-electron chi connectivity index (χ2n) is 9.97. The van der Waals surface area contributed by atoms with Crippen LogP contribution in [0.15, 0.2) is 53.9 Å². The first-order valence-electron chi connectivity index (χ1n) is 12.6. The van der Waals surface area contributed by atoms with E-state index in [1.165, 1.54) is 11.1 Å². The van der Waals surface area contributed by atoms with Gasteiger partial charge in [0.2, 0.25) is 5.65 Å². The summed E-state index contributed by atoms with van der Waals surface area (Å²) in [6.45, 7) is 7.43. The van der Waals surface area contributed by atoms with Crippen LogP contribution < -0.4 is 10.1 Å². The molecule has 3 atom stereocenters. The average Bonchev–Trinajstić information content (AvgIpc) is 3.57. The SMILES string of the molecule is C=C[C@@H]1CN(C(=O)c2cn3cc(Br)nc(OCC4CCCO4)c3n2)CC[C@]12Cc1ccccc1CN2. The first-order valence-corrected chi connectivity index (χ1v) is 13.4. The van der Waals surface area contributed by atoms with E-state index in [0.29, 0.717) is 41.5 Å². The predicted molar refractivity (Wildman–Crippen MR) is 139 cm³/mol. The van der Waals surface area contributed by atoms with Crippen LogP contribution in [0.3, 0.4) is 0 Å². The first kappa shape index (κ1) is 23.6. The third-order valence-electron chi connectivity index (χ3n) is 7.81. The summed E-state index contributed by atoms with van der Waals surface area (Å²) < 4.78 is 14.0. The predicted octanol–water partition coefficient (Wildman–Crippen LogP) is 3.78. The molecule has 6 rings (SSSR count). The fourth-order valence-corrected chi connectivity index (χ4v) is 6.15. The molecule has 3 aliphatic rings. The highest BCUT2D eigenvalue weighted by Gasteiger charge is 2.44. The summed E-state index contributed by atoms with van der Waals surface area (Å²) in [5.41, 5.74) is 3.57. The zero-order valence-electron chi connectivity index (χ0n) is 20.2. The Morgan fingerprint density at radius 1 is 1.31 bits per heavy atom. The number of hydrogen-bond acceptors (Lipinski definition) is 6. The molecule has 0 bridgehead atoms. The normalized spacial score (nSPS) is 25.8. The Balaban J connectivity index is 1.20. The van der Waals surface area contributed by atoms with Crippen molar-refractivity contribution in [3.05, 3.63) is 70.7 Å². The number of rotatable bonds is 5. The second-order valence-corrected chi connectivity index (χ2v) is 10.8. The first-order chi connectivity index (χ1) is 17.5. The van der Waals surface area contributed by atoms with Crippen molar-refractivity contribution >= 4 is 27.5 Å². The van der Waals surface area contributed by atoms with Crippen molar-refractivity contribution < 1.29 is 14.3 Å². The van der Waals surface area contributed by atoms with Crippen molar-refractivity contribution in [2.24, 2.45) is 5.92 Å². The lowest BCUT2D eigenvalue weighted by Crippen LogP contribution is -2.62.